The molecule has 4 rings (SSSR count). The van der Waals surface area contributed by atoms with Crippen molar-refractivity contribution in [2.24, 2.45) is 0 Å². The third kappa shape index (κ3) is 8.21. The topological polar surface area (TPSA) is 92.7 Å². The molecule has 1 N–H and O–H groups in total. The second kappa shape index (κ2) is 17.1. The molecule has 8 nitrogen and oxygen atoms in total. The number of unbranched alkanes of at least 4 members (excludes halogenated alkanes) is 4. The first kappa shape index (κ1) is 35.7. The van der Waals surface area contributed by atoms with Gasteiger partial charge in [-0.05, 0) is 67.5 Å². The zero-order valence-electron chi connectivity index (χ0n) is 27.4. The number of rotatable bonds is 20. The van der Waals surface area contributed by atoms with E-state index in [1.165, 1.54) is 0 Å². The number of aliphatic carboxylic acids is 1. The number of hydrogen-bond acceptors (Lipinski definition) is 7. The maximum absolute atomic E-state index is 13.1. The van der Waals surface area contributed by atoms with E-state index in [0.717, 1.165) is 68.2 Å². The van der Waals surface area contributed by atoms with Crippen molar-refractivity contribution in [2.75, 3.05) is 33.0 Å². The monoisotopic (exact) mass is 646 g/mol. The molecular weight excluding hydrogens is 596 g/mol. The molecule has 2 heterocycles. The zero-order valence-corrected chi connectivity index (χ0v) is 28.1. The van der Waals surface area contributed by atoms with Crippen LogP contribution in [-0.2, 0) is 40.7 Å². The molecule has 5 atom stereocenters. The summed E-state index contributed by atoms with van der Waals surface area (Å²) in [7, 11) is 0. The second-order valence-corrected chi connectivity index (χ2v) is 12.5. The van der Waals surface area contributed by atoms with E-state index >= 15 is 0 Å². The van der Waals surface area contributed by atoms with Crippen LogP contribution in [0.1, 0.15) is 95.8 Å². The van der Waals surface area contributed by atoms with Crippen molar-refractivity contribution in [1.29, 1.82) is 0 Å². The number of carboxylic acids is 1. The van der Waals surface area contributed by atoms with Gasteiger partial charge in [0, 0.05) is 30.4 Å². The Hall–Kier alpha value is -2.20. The van der Waals surface area contributed by atoms with Gasteiger partial charge in [0.2, 0.25) is 11.4 Å². The smallest absolute Gasteiger partial charge is 0.341 e. The Morgan fingerprint density at radius 2 is 1.44 bits per heavy atom. The molecule has 2 fully saturated rings. The van der Waals surface area contributed by atoms with Crippen LogP contribution in [0.4, 0.5) is 0 Å². The predicted octanol–water partition coefficient (Wildman–Crippen LogP) is 7.70. The van der Waals surface area contributed by atoms with Crippen LogP contribution in [0.2, 0.25) is 5.02 Å². The van der Waals surface area contributed by atoms with Crippen LogP contribution in [0.25, 0.3) is 0 Å². The van der Waals surface area contributed by atoms with Crippen LogP contribution < -0.4 is 4.74 Å². The van der Waals surface area contributed by atoms with E-state index in [-0.39, 0.29) is 6.61 Å². The van der Waals surface area contributed by atoms with Crippen molar-refractivity contribution in [1.82, 2.24) is 0 Å². The fourth-order valence-electron chi connectivity index (χ4n) is 5.86. The fourth-order valence-corrected chi connectivity index (χ4v) is 6.05. The molecule has 2 aromatic rings. The van der Waals surface area contributed by atoms with Crippen molar-refractivity contribution in [3.63, 3.8) is 0 Å². The number of ether oxygens (including phenoxy) is 6. The van der Waals surface area contributed by atoms with Gasteiger partial charge in [-0.25, -0.2) is 4.79 Å². The van der Waals surface area contributed by atoms with Crippen molar-refractivity contribution >= 4 is 17.6 Å². The third-order valence-electron chi connectivity index (χ3n) is 8.56. The summed E-state index contributed by atoms with van der Waals surface area (Å²) in [5.74, 6) is -1.83. The van der Waals surface area contributed by atoms with Gasteiger partial charge in [-0.3, -0.25) is 0 Å². The summed E-state index contributed by atoms with van der Waals surface area (Å²) >= 11 is 6.75. The largest absolute Gasteiger partial charge is 0.494 e. The number of halogens is 1. The van der Waals surface area contributed by atoms with E-state index in [9.17, 15) is 9.90 Å². The van der Waals surface area contributed by atoms with Crippen LogP contribution in [-0.4, -0.2) is 68.0 Å². The molecule has 2 bridgehead atoms. The normalized spacial score (nSPS) is 25.8. The first-order valence-corrected chi connectivity index (χ1v) is 17.2. The van der Waals surface area contributed by atoms with Crippen molar-refractivity contribution in [3.8, 4) is 5.75 Å². The highest BCUT2D eigenvalue weighted by atomic mass is 35.5. The molecule has 0 radical (unpaired) electrons. The summed E-state index contributed by atoms with van der Waals surface area (Å²) in [5.41, 5.74) is 0.803. The van der Waals surface area contributed by atoms with E-state index in [1.807, 2.05) is 42.5 Å². The van der Waals surface area contributed by atoms with E-state index < -0.39 is 35.7 Å². The Balaban J connectivity index is 1.72. The lowest BCUT2D eigenvalue weighted by Crippen LogP contribution is -2.69. The van der Waals surface area contributed by atoms with Crippen LogP contribution in [0.3, 0.4) is 0 Å². The molecule has 9 heteroatoms. The molecule has 0 unspecified atom stereocenters. The number of benzene rings is 2. The quantitative estimate of drug-likeness (QED) is 0.146. The highest BCUT2D eigenvalue weighted by molar-refractivity contribution is 6.31. The molecule has 250 valence electrons. The average molecular weight is 647 g/mol. The van der Waals surface area contributed by atoms with E-state index in [1.54, 1.807) is 0 Å². The van der Waals surface area contributed by atoms with Crippen LogP contribution >= 0.6 is 11.6 Å². The minimum atomic E-state index is -1.76. The van der Waals surface area contributed by atoms with Crippen LogP contribution in [0, 0.1) is 0 Å². The SMILES string of the molecule is CCCCOc1ccc(Cc2cc([C@]34OC[C@](C(=O)O)(O3)[C@@H](OCCCC)[C@H](OCCCC)[C@H]4OCCCC)ccc2Cl)cc1. The minimum absolute atomic E-state index is 0.197. The number of carbonyl (C=O) groups is 1. The molecular formula is C36H51ClO8. The van der Waals surface area contributed by atoms with Gasteiger partial charge in [-0.1, -0.05) is 83.2 Å². The molecule has 2 aromatic carbocycles. The van der Waals surface area contributed by atoms with E-state index in [0.29, 0.717) is 43.4 Å². The molecule has 0 spiro atoms. The second-order valence-electron chi connectivity index (χ2n) is 12.1. The Labute approximate surface area is 273 Å². The molecule has 0 saturated carbocycles. The lowest BCUT2D eigenvalue weighted by molar-refractivity contribution is -0.341. The highest BCUT2D eigenvalue weighted by Crippen LogP contribution is 2.53. The summed E-state index contributed by atoms with van der Waals surface area (Å²) in [6.45, 7) is 10.2. The highest BCUT2D eigenvalue weighted by Gasteiger charge is 2.72. The molecule has 0 aliphatic carbocycles. The van der Waals surface area contributed by atoms with Gasteiger partial charge in [0.15, 0.2) is 0 Å². The molecule has 0 aromatic heterocycles. The molecule has 2 aliphatic rings. The summed E-state index contributed by atoms with van der Waals surface area (Å²) in [4.78, 5) is 13.1. The van der Waals surface area contributed by atoms with Crippen molar-refractivity contribution in [2.45, 2.75) is 115 Å². The zero-order chi connectivity index (χ0) is 32.3. The van der Waals surface area contributed by atoms with Crippen molar-refractivity contribution < 1.29 is 38.3 Å². The van der Waals surface area contributed by atoms with E-state index in [4.69, 9.17) is 40.0 Å². The number of fused-ring (bicyclic) bond motifs is 2. The summed E-state index contributed by atoms with van der Waals surface area (Å²) in [5, 5.41) is 11.3. The van der Waals surface area contributed by atoms with Gasteiger partial charge in [0.25, 0.3) is 0 Å². The summed E-state index contributed by atoms with van der Waals surface area (Å²) in [6, 6.07) is 13.6. The fraction of sp³-hybridized carbons (Fsp3) is 0.639. The summed E-state index contributed by atoms with van der Waals surface area (Å²) < 4.78 is 38.3. The van der Waals surface area contributed by atoms with E-state index in [2.05, 4.69) is 27.7 Å². The maximum Gasteiger partial charge on any atom is 0.341 e. The molecule has 0 amide bonds. The Morgan fingerprint density at radius 1 is 0.844 bits per heavy atom. The van der Waals surface area contributed by atoms with Crippen molar-refractivity contribution in [3.05, 3.63) is 64.2 Å². The average Bonchev–Trinajstić information content (AvgIpc) is 3.41. The number of carboxylic acid groups (broad SMARTS) is 1. The molecule has 2 saturated heterocycles. The van der Waals surface area contributed by atoms with Gasteiger partial charge in [-0.2, -0.15) is 0 Å². The Bertz CT molecular complexity index is 1210. The van der Waals surface area contributed by atoms with Gasteiger partial charge in [0.1, 0.15) is 24.1 Å². The van der Waals surface area contributed by atoms with Crippen LogP contribution in [0.5, 0.6) is 5.75 Å². The Morgan fingerprint density at radius 3 is 2.07 bits per heavy atom. The first-order valence-electron chi connectivity index (χ1n) is 16.8. The first-order chi connectivity index (χ1) is 21.8. The minimum Gasteiger partial charge on any atom is -0.494 e. The molecule has 2 aliphatic heterocycles. The standard InChI is InChI=1S/C36H51ClO8/c1-5-9-19-40-29-16-13-26(14-17-29)23-27-24-28(15-18-30(27)37)36-33(43-22-12-8-4)31(41-20-10-6-2)32(42-21-11-7-3)35(45-36,25-44-36)34(38)39/h13-18,24,31-33H,5-12,19-23,25H2,1-4H3,(H,38,39)/t31-,32-,33+,35-,36-/m0/s1. The Kier molecular flexibility index (Phi) is 13.5. The lowest BCUT2D eigenvalue weighted by atomic mass is 9.82. The van der Waals surface area contributed by atoms with Crippen LogP contribution in [0.15, 0.2) is 42.5 Å². The summed E-state index contributed by atoms with van der Waals surface area (Å²) in [6.07, 6.45) is 5.46. The van der Waals surface area contributed by atoms with Gasteiger partial charge in [0.05, 0.1) is 13.2 Å². The number of hydrogen-bond donors (Lipinski definition) is 1. The van der Waals surface area contributed by atoms with Gasteiger partial charge >= 0.3 is 5.97 Å². The van der Waals surface area contributed by atoms with Gasteiger partial charge in [-0.15, -0.1) is 0 Å². The maximum atomic E-state index is 13.1. The third-order valence-corrected chi connectivity index (χ3v) is 8.93. The van der Waals surface area contributed by atoms with Gasteiger partial charge < -0.3 is 33.5 Å². The molecule has 45 heavy (non-hydrogen) atoms. The predicted molar refractivity (Wildman–Crippen MR) is 174 cm³/mol. The lowest BCUT2D eigenvalue weighted by Gasteiger charge is -2.49.